The van der Waals surface area contributed by atoms with Gasteiger partial charge in [0.15, 0.2) is 0 Å². The smallest absolute Gasteiger partial charge is 0.226 e. The lowest BCUT2D eigenvalue weighted by Gasteiger charge is -2.20. The fourth-order valence-electron chi connectivity index (χ4n) is 1.69. The van der Waals surface area contributed by atoms with Crippen LogP contribution >= 0.6 is 0 Å². The molecule has 0 saturated heterocycles. The van der Waals surface area contributed by atoms with Gasteiger partial charge in [0, 0.05) is 25.6 Å². The first-order chi connectivity index (χ1) is 6.03. The summed E-state index contributed by atoms with van der Waals surface area (Å²) >= 11 is 0. The summed E-state index contributed by atoms with van der Waals surface area (Å²) in [4.78, 5) is 13.7. The molecule has 0 radical (unpaired) electrons. The lowest BCUT2D eigenvalue weighted by atomic mass is 10.1. The van der Waals surface area contributed by atoms with Gasteiger partial charge in [0.2, 0.25) is 5.91 Å². The zero-order chi connectivity index (χ0) is 10.1. The van der Waals surface area contributed by atoms with Crippen LogP contribution in [0, 0.1) is 11.3 Å². The van der Waals surface area contributed by atoms with Crippen LogP contribution in [0.5, 0.6) is 0 Å². The SMILES string of the molecule is CCN(CCN)C(=O)C1CC1(C)C. The minimum absolute atomic E-state index is 0.235. The Morgan fingerprint density at radius 3 is 2.46 bits per heavy atom. The van der Waals surface area contributed by atoms with Crippen molar-refractivity contribution in [3.63, 3.8) is 0 Å². The van der Waals surface area contributed by atoms with Crippen LogP contribution in [0.1, 0.15) is 27.2 Å². The second-order valence-corrected chi connectivity index (χ2v) is 4.45. The molecule has 1 saturated carbocycles. The number of hydrogen-bond acceptors (Lipinski definition) is 2. The van der Waals surface area contributed by atoms with Gasteiger partial charge in [0.05, 0.1) is 0 Å². The molecule has 0 heterocycles. The lowest BCUT2D eigenvalue weighted by molar-refractivity contribution is -0.133. The Hall–Kier alpha value is -0.570. The van der Waals surface area contributed by atoms with Crippen LogP contribution in [0.2, 0.25) is 0 Å². The molecule has 0 aromatic rings. The van der Waals surface area contributed by atoms with Crippen LogP contribution in [0.3, 0.4) is 0 Å². The molecule has 1 amide bonds. The van der Waals surface area contributed by atoms with Gasteiger partial charge < -0.3 is 10.6 Å². The van der Waals surface area contributed by atoms with Crippen LogP contribution in [-0.4, -0.2) is 30.4 Å². The topological polar surface area (TPSA) is 46.3 Å². The molecule has 1 aliphatic rings. The van der Waals surface area contributed by atoms with E-state index in [2.05, 4.69) is 13.8 Å². The molecule has 1 aliphatic carbocycles. The standard InChI is InChI=1S/C10H20N2O/c1-4-12(6-5-11)9(13)8-7-10(8,2)3/h8H,4-7,11H2,1-3H3. The maximum absolute atomic E-state index is 11.8. The van der Waals surface area contributed by atoms with E-state index < -0.39 is 0 Å². The minimum atomic E-state index is 0.235. The first-order valence-corrected chi connectivity index (χ1v) is 5.01. The normalized spacial score (nSPS) is 24.2. The van der Waals surface area contributed by atoms with Crippen molar-refractivity contribution in [3.8, 4) is 0 Å². The van der Waals surface area contributed by atoms with Gasteiger partial charge in [-0.3, -0.25) is 4.79 Å². The van der Waals surface area contributed by atoms with E-state index in [1.165, 1.54) is 0 Å². The van der Waals surface area contributed by atoms with Gasteiger partial charge in [-0.15, -0.1) is 0 Å². The summed E-state index contributed by atoms with van der Waals surface area (Å²) in [6.07, 6.45) is 1.03. The van der Waals surface area contributed by atoms with Gasteiger partial charge in [-0.05, 0) is 18.8 Å². The summed E-state index contributed by atoms with van der Waals surface area (Å²) in [5.41, 5.74) is 5.67. The highest BCUT2D eigenvalue weighted by atomic mass is 16.2. The first kappa shape index (κ1) is 10.5. The molecule has 3 heteroatoms. The number of rotatable bonds is 4. The second-order valence-electron chi connectivity index (χ2n) is 4.45. The van der Waals surface area contributed by atoms with Crippen LogP contribution in [0.15, 0.2) is 0 Å². The summed E-state index contributed by atoms with van der Waals surface area (Å²) in [5, 5.41) is 0. The van der Waals surface area contributed by atoms with Gasteiger partial charge in [0.25, 0.3) is 0 Å². The Kier molecular flexibility index (Phi) is 2.96. The fourth-order valence-corrected chi connectivity index (χ4v) is 1.69. The largest absolute Gasteiger partial charge is 0.341 e. The van der Waals surface area contributed by atoms with Crippen LogP contribution in [0.4, 0.5) is 0 Å². The molecule has 0 aliphatic heterocycles. The van der Waals surface area contributed by atoms with Crippen molar-refractivity contribution in [2.45, 2.75) is 27.2 Å². The van der Waals surface area contributed by atoms with E-state index in [0.29, 0.717) is 13.1 Å². The maximum atomic E-state index is 11.8. The summed E-state index contributed by atoms with van der Waals surface area (Å²) in [5.74, 6) is 0.539. The Morgan fingerprint density at radius 1 is 1.62 bits per heavy atom. The Bertz CT molecular complexity index is 201. The van der Waals surface area contributed by atoms with Crippen molar-refractivity contribution in [3.05, 3.63) is 0 Å². The molecular weight excluding hydrogens is 164 g/mol. The van der Waals surface area contributed by atoms with E-state index in [1.54, 1.807) is 0 Å². The molecule has 1 unspecified atom stereocenters. The zero-order valence-electron chi connectivity index (χ0n) is 8.84. The average Bonchev–Trinajstić information content (AvgIpc) is 2.70. The quantitative estimate of drug-likeness (QED) is 0.703. The van der Waals surface area contributed by atoms with E-state index in [9.17, 15) is 4.79 Å². The fraction of sp³-hybridized carbons (Fsp3) is 0.900. The summed E-state index contributed by atoms with van der Waals surface area (Å²) in [7, 11) is 0. The van der Waals surface area contributed by atoms with Crippen LogP contribution in [-0.2, 0) is 4.79 Å². The summed E-state index contributed by atoms with van der Waals surface area (Å²) in [6.45, 7) is 8.33. The molecule has 1 rings (SSSR count). The first-order valence-electron chi connectivity index (χ1n) is 5.01. The van der Waals surface area contributed by atoms with E-state index in [1.807, 2.05) is 11.8 Å². The van der Waals surface area contributed by atoms with E-state index >= 15 is 0 Å². The van der Waals surface area contributed by atoms with Gasteiger partial charge in [0.1, 0.15) is 0 Å². The van der Waals surface area contributed by atoms with Crippen molar-refractivity contribution in [2.75, 3.05) is 19.6 Å². The predicted octanol–water partition coefficient (Wildman–Crippen LogP) is 0.840. The Labute approximate surface area is 80.3 Å². The molecule has 76 valence electrons. The summed E-state index contributed by atoms with van der Waals surface area (Å²) in [6, 6.07) is 0. The average molecular weight is 184 g/mol. The van der Waals surface area contributed by atoms with Crippen molar-refractivity contribution in [2.24, 2.45) is 17.1 Å². The highest BCUT2D eigenvalue weighted by molar-refractivity contribution is 5.82. The third-order valence-electron chi connectivity index (χ3n) is 2.90. The molecule has 0 aromatic carbocycles. The van der Waals surface area contributed by atoms with E-state index in [0.717, 1.165) is 13.0 Å². The number of hydrogen-bond donors (Lipinski definition) is 1. The number of carbonyl (C=O) groups excluding carboxylic acids is 1. The highest BCUT2D eigenvalue weighted by Crippen LogP contribution is 2.52. The van der Waals surface area contributed by atoms with Gasteiger partial charge in [-0.1, -0.05) is 13.8 Å². The number of nitrogens with zero attached hydrogens (tertiary/aromatic N) is 1. The monoisotopic (exact) mass is 184 g/mol. The Balaban J connectivity index is 2.46. The van der Waals surface area contributed by atoms with Crippen molar-refractivity contribution in [1.82, 2.24) is 4.90 Å². The molecule has 0 aromatic heterocycles. The maximum Gasteiger partial charge on any atom is 0.226 e. The van der Waals surface area contributed by atoms with E-state index in [-0.39, 0.29) is 17.2 Å². The van der Waals surface area contributed by atoms with Crippen LogP contribution in [0.25, 0.3) is 0 Å². The van der Waals surface area contributed by atoms with Gasteiger partial charge in [-0.25, -0.2) is 0 Å². The molecule has 0 spiro atoms. The highest BCUT2D eigenvalue weighted by Gasteiger charge is 2.51. The Morgan fingerprint density at radius 2 is 2.15 bits per heavy atom. The lowest BCUT2D eigenvalue weighted by Crippen LogP contribution is -2.36. The van der Waals surface area contributed by atoms with Gasteiger partial charge in [-0.2, -0.15) is 0 Å². The minimum Gasteiger partial charge on any atom is -0.341 e. The second kappa shape index (κ2) is 3.66. The third-order valence-corrected chi connectivity index (χ3v) is 2.90. The molecule has 1 atom stereocenters. The summed E-state index contributed by atoms with van der Waals surface area (Å²) < 4.78 is 0. The number of amides is 1. The van der Waals surface area contributed by atoms with Crippen LogP contribution < -0.4 is 5.73 Å². The third kappa shape index (κ3) is 2.21. The number of likely N-dealkylation sites (N-methyl/N-ethyl adjacent to an activating group) is 1. The molecular formula is C10H20N2O. The van der Waals surface area contributed by atoms with E-state index in [4.69, 9.17) is 5.73 Å². The van der Waals surface area contributed by atoms with Crippen molar-refractivity contribution >= 4 is 5.91 Å². The number of carbonyl (C=O) groups is 1. The molecule has 0 bridgehead atoms. The molecule has 1 fully saturated rings. The van der Waals surface area contributed by atoms with Crippen molar-refractivity contribution < 1.29 is 4.79 Å². The molecule has 2 N–H and O–H groups in total. The zero-order valence-corrected chi connectivity index (χ0v) is 8.84. The number of nitrogens with two attached hydrogens (primary N) is 1. The predicted molar refractivity (Wildman–Crippen MR) is 53.2 cm³/mol. The molecule has 3 nitrogen and oxygen atoms in total. The van der Waals surface area contributed by atoms with Gasteiger partial charge >= 0.3 is 0 Å². The molecule has 13 heavy (non-hydrogen) atoms. The van der Waals surface area contributed by atoms with Crippen molar-refractivity contribution in [1.29, 1.82) is 0 Å².